The maximum absolute atomic E-state index is 11.6. The van der Waals surface area contributed by atoms with Crippen molar-refractivity contribution in [3.8, 4) is 16.9 Å². The second kappa shape index (κ2) is 4.89. The maximum Gasteiger partial charge on any atom is 0.265 e. The molecule has 20 heavy (non-hydrogen) atoms. The van der Waals surface area contributed by atoms with Crippen LogP contribution in [0.3, 0.4) is 0 Å². The molecule has 1 aliphatic heterocycles. The predicted molar refractivity (Wildman–Crippen MR) is 80.1 cm³/mol. The molecule has 0 fully saturated rings. The van der Waals surface area contributed by atoms with E-state index in [4.69, 9.17) is 4.74 Å². The third-order valence-corrected chi connectivity index (χ3v) is 3.42. The van der Waals surface area contributed by atoms with E-state index in [0.29, 0.717) is 5.75 Å². The van der Waals surface area contributed by atoms with Crippen molar-refractivity contribution in [2.75, 3.05) is 17.7 Å². The van der Waals surface area contributed by atoms with E-state index in [0.717, 1.165) is 22.5 Å². The van der Waals surface area contributed by atoms with Crippen LogP contribution in [0.4, 0.5) is 11.4 Å². The molecule has 1 unspecified atom stereocenters. The number of amides is 1. The predicted octanol–water partition coefficient (Wildman–Crippen LogP) is 3.11. The Kier molecular flexibility index (Phi) is 3.06. The van der Waals surface area contributed by atoms with Gasteiger partial charge < -0.3 is 15.4 Å². The maximum atomic E-state index is 11.6. The van der Waals surface area contributed by atoms with Crippen LogP contribution in [0.15, 0.2) is 42.5 Å². The van der Waals surface area contributed by atoms with Crippen LogP contribution >= 0.6 is 0 Å². The topological polar surface area (TPSA) is 50.4 Å². The standard InChI is InChI=1S/C16H16N2O2/c1-10-16(19)18-14-9-12(5-8-15(14)20-10)11-3-6-13(17-2)7-4-11/h3-10,17H,1-2H3,(H,18,19). The summed E-state index contributed by atoms with van der Waals surface area (Å²) in [6.45, 7) is 1.74. The summed E-state index contributed by atoms with van der Waals surface area (Å²) in [6, 6.07) is 14.0. The van der Waals surface area contributed by atoms with Crippen molar-refractivity contribution >= 4 is 17.3 Å². The Morgan fingerprint density at radius 2 is 1.80 bits per heavy atom. The summed E-state index contributed by atoms with van der Waals surface area (Å²) < 4.78 is 5.55. The quantitative estimate of drug-likeness (QED) is 0.880. The van der Waals surface area contributed by atoms with Crippen molar-refractivity contribution in [3.05, 3.63) is 42.5 Å². The minimum atomic E-state index is -0.441. The fourth-order valence-corrected chi connectivity index (χ4v) is 2.22. The number of hydrogen-bond acceptors (Lipinski definition) is 3. The molecule has 0 radical (unpaired) electrons. The number of rotatable bonds is 2. The van der Waals surface area contributed by atoms with E-state index < -0.39 is 6.10 Å². The number of nitrogens with one attached hydrogen (secondary N) is 2. The van der Waals surface area contributed by atoms with Gasteiger partial charge in [-0.25, -0.2) is 0 Å². The highest BCUT2D eigenvalue weighted by molar-refractivity contribution is 5.98. The van der Waals surface area contributed by atoms with Crippen molar-refractivity contribution in [1.29, 1.82) is 0 Å². The van der Waals surface area contributed by atoms with Gasteiger partial charge in [0.15, 0.2) is 6.10 Å². The van der Waals surface area contributed by atoms with Crippen LogP contribution in [0.25, 0.3) is 11.1 Å². The van der Waals surface area contributed by atoms with Crippen LogP contribution in [-0.4, -0.2) is 19.1 Å². The summed E-state index contributed by atoms with van der Waals surface area (Å²) in [7, 11) is 1.89. The van der Waals surface area contributed by atoms with E-state index in [9.17, 15) is 4.79 Å². The zero-order valence-electron chi connectivity index (χ0n) is 11.4. The molecule has 2 aromatic rings. The smallest absolute Gasteiger partial charge is 0.265 e. The first kappa shape index (κ1) is 12.5. The van der Waals surface area contributed by atoms with Crippen LogP contribution in [0.5, 0.6) is 5.75 Å². The van der Waals surface area contributed by atoms with Gasteiger partial charge in [-0.1, -0.05) is 18.2 Å². The number of anilines is 2. The van der Waals surface area contributed by atoms with Crippen LogP contribution in [-0.2, 0) is 4.79 Å². The number of ether oxygens (including phenoxy) is 1. The zero-order valence-corrected chi connectivity index (χ0v) is 11.4. The SMILES string of the molecule is CNc1ccc(-c2ccc3c(c2)NC(=O)C(C)O3)cc1. The minimum absolute atomic E-state index is 0.111. The highest BCUT2D eigenvalue weighted by Crippen LogP contribution is 2.34. The molecule has 0 saturated carbocycles. The fourth-order valence-electron chi connectivity index (χ4n) is 2.22. The highest BCUT2D eigenvalue weighted by Gasteiger charge is 2.23. The van der Waals surface area contributed by atoms with Crippen LogP contribution in [0.1, 0.15) is 6.92 Å². The van der Waals surface area contributed by atoms with Gasteiger partial charge in [-0.05, 0) is 42.3 Å². The number of benzene rings is 2. The van der Waals surface area contributed by atoms with Gasteiger partial charge >= 0.3 is 0 Å². The molecule has 0 spiro atoms. The second-order valence-corrected chi connectivity index (χ2v) is 4.79. The van der Waals surface area contributed by atoms with Crippen LogP contribution < -0.4 is 15.4 Å². The molecule has 2 aromatic carbocycles. The van der Waals surface area contributed by atoms with Crippen LogP contribution in [0, 0.1) is 0 Å². The van der Waals surface area contributed by atoms with Gasteiger partial charge in [0.25, 0.3) is 5.91 Å². The first-order valence-electron chi connectivity index (χ1n) is 6.57. The molecule has 4 nitrogen and oxygen atoms in total. The van der Waals surface area contributed by atoms with E-state index in [2.05, 4.69) is 10.6 Å². The normalized spacial score (nSPS) is 16.9. The van der Waals surface area contributed by atoms with Gasteiger partial charge in [-0.15, -0.1) is 0 Å². The second-order valence-electron chi connectivity index (χ2n) is 4.79. The number of carbonyl (C=O) groups excluding carboxylic acids is 1. The molecule has 1 heterocycles. The van der Waals surface area contributed by atoms with E-state index in [1.807, 2.05) is 49.5 Å². The van der Waals surface area contributed by atoms with Gasteiger partial charge in [0.1, 0.15) is 5.75 Å². The third kappa shape index (κ3) is 2.20. The van der Waals surface area contributed by atoms with Crippen molar-refractivity contribution in [2.45, 2.75) is 13.0 Å². The summed E-state index contributed by atoms with van der Waals surface area (Å²) in [5.41, 5.74) is 3.94. The Labute approximate surface area is 117 Å². The Balaban J connectivity index is 1.95. The van der Waals surface area contributed by atoms with E-state index in [1.54, 1.807) is 6.92 Å². The average molecular weight is 268 g/mol. The number of fused-ring (bicyclic) bond motifs is 1. The van der Waals surface area contributed by atoms with Crippen molar-refractivity contribution < 1.29 is 9.53 Å². The Bertz CT molecular complexity index is 650. The van der Waals surface area contributed by atoms with Crippen LogP contribution in [0.2, 0.25) is 0 Å². The van der Waals surface area contributed by atoms with E-state index >= 15 is 0 Å². The summed E-state index contributed by atoms with van der Waals surface area (Å²) >= 11 is 0. The highest BCUT2D eigenvalue weighted by atomic mass is 16.5. The zero-order chi connectivity index (χ0) is 14.1. The largest absolute Gasteiger partial charge is 0.479 e. The number of hydrogen-bond donors (Lipinski definition) is 2. The molecule has 0 aliphatic carbocycles. The first-order valence-corrected chi connectivity index (χ1v) is 6.57. The van der Waals surface area contributed by atoms with E-state index in [1.165, 1.54) is 0 Å². The molecule has 1 amide bonds. The van der Waals surface area contributed by atoms with E-state index in [-0.39, 0.29) is 5.91 Å². The summed E-state index contributed by atoms with van der Waals surface area (Å²) in [4.78, 5) is 11.6. The van der Waals surface area contributed by atoms with Crippen molar-refractivity contribution in [3.63, 3.8) is 0 Å². The molecular formula is C16H16N2O2. The Hall–Kier alpha value is -2.49. The Morgan fingerprint density at radius 1 is 1.10 bits per heavy atom. The van der Waals surface area contributed by atoms with Gasteiger partial charge in [0.2, 0.25) is 0 Å². The van der Waals surface area contributed by atoms with Gasteiger partial charge in [0.05, 0.1) is 5.69 Å². The summed E-state index contributed by atoms with van der Waals surface area (Å²) in [5, 5.41) is 5.96. The first-order chi connectivity index (χ1) is 9.67. The van der Waals surface area contributed by atoms with Crippen molar-refractivity contribution in [2.24, 2.45) is 0 Å². The Morgan fingerprint density at radius 3 is 2.50 bits per heavy atom. The lowest BCUT2D eigenvalue weighted by atomic mass is 10.0. The molecule has 1 aliphatic rings. The molecule has 0 aromatic heterocycles. The minimum Gasteiger partial charge on any atom is -0.479 e. The molecule has 3 rings (SSSR count). The fraction of sp³-hybridized carbons (Fsp3) is 0.188. The monoisotopic (exact) mass is 268 g/mol. The lowest BCUT2D eigenvalue weighted by Gasteiger charge is -2.23. The molecular weight excluding hydrogens is 252 g/mol. The molecule has 4 heteroatoms. The molecule has 1 atom stereocenters. The molecule has 2 N–H and O–H groups in total. The number of carbonyl (C=O) groups is 1. The average Bonchev–Trinajstić information content (AvgIpc) is 2.48. The summed E-state index contributed by atoms with van der Waals surface area (Å²) in [6.07, 6.45) is -0.441. The third-order valence-electron chi connectivity index (χ3n) is 3.42. The summed E-state index contributed by atoms with van der Waals surface area (Å²) in [5.74, 6) is 0.605. The molecule has 102 valence electrons. The van der Waals surface area contributed by atoms with Gasteiger partial charge in [0, 0.05) is 12.7 Å². The van der Waals surface area contributed by atoms with Gasteiger partial charge in [-0.3, -0.25) is 4.79 Å². The lowest BCUT2D eigenvalue weighted by molar-refractivity contribution is -0.122. The lowest BCUT2D eigenvalue weighted by Crippen LogP contribution is -2.34. The molecule has 0 saturated heterocycles. The molecule has 0 bridgehead atoms. The van der Waals surface area contributed by atoms with Gasteiger partial charge in [-0.2, -0.15) is 0 Å². The van der Waals surface area contributed by atoms with Crippen molar-refractivity contribution in [1.82, 2.24) is 0 Å².